The van der Waals surface area contributed by atoms with Gasteiger partial charge in [-0.05, 0) is 25.7 Å². The van der Waals surface area contributed by atoms with E-state index in [4.69, 9.17) is 0 Å². The Balaban J connectivity index is 1.96. The largest absolute Gasteiger partial charge is 0.309 e. The zero-order chi connectivity index (χ0) is 10.7. The van der Waals surface area contributed by atoms with Crippen molar-refractivity contribution in [2.45, 2.75) is 51.1 Å². The maximum atomic E-state index is 3.72. The van der Waals surface area contributed by atoms with Gasteiger partial charge in [0, 0.05) is 31.2 Å². The predicted octanol–water partition coefficient (Wildman–Crippen LogP) is 2.17. The van der Waals surface area contributed by atoms with Crippen LogP contribution in [0.1, 0.15) is 39.5 Å². The lowest BCUT2D eigenvalue weighted by atomic mass is 9.89. The lowest BCUT2D eigenvalue weighted by Crippen LogP contribution is -2.61. The number of hydrogen-bond acceptors (Lipinski definition) is 2. The molecule has 2 rings (SSSR count). The van der Waals surface area contributed by atoms with Gasteiger partial charge < -0.3 is 5.32 Å². The summed E-state index contributed by atoms with van der Waals surface area (Å²) in [6.07, 6.45) is 9.71. The van der Waals surface area contributed by atoms with Gasteiger partial charge in [0.25, 0.3) is 0 Å². The van der Waals surface area contributed by atoms with E-state index < -0.39 is 0 Å². The van der Waals surface area contributed by atoms with Crippen molar-refractivity contribution in [1.29, 1.82) is 0 Å². The summed E-state index contributed by atoms with van der Waals surface area (Å²) in [5, 5.41) is 3.72. The van der Waals surface area contributed by atoms with Crippen LogP contribution in [0.15, 0.2) is 12.2 Å². The molecule has 1 saturated heterocycles. The third kappa shape index (κ3) is 2.26. The summed E-state index contributed by atoms with van der Waals surface area (Å²) >= 11 is 0. The van der Waals surface area contributed by atoms with Crippen LogP contribution in [-0.2, 0) is 0 Å². The molecule has 0 spiro atoms. The Morgan fingerprint density at radius 2 is 1.93 bits per heavy atom. The van der Waals surface area contributed by atoms with Crippen LogP contribution in [-0.4, -0.2) is 36.1 Å². The molecule has 1 heterocycles. The lowest BCUT2D eigenvalue weighted by molar-refractivity contribution is 0.0898. The average Bonchev–Trinajstić information content (AvgIpc) is 2.82. The highest BCUT2D eigenvalue weighted by molar-refractivity contribution is 5.02. The van der Waals surface area contributed by atoms with Gasteiger partial charge in [0.2, 0.25) is 0 Å². The van der Waals surface area contributed by atoms with Gasteiger partial charge in [-0.15, -0.1) is 0 Å². The minimum atomic E-state index is 0.390. The van der Waals surface area contributed by atoms with Gasteiger partial charge in [0.15, 0.2) is 0 Å². The fraction of sp³-hybridized carbons (Fsp3) is 0.846. The van der Waals surface area contributed by atoms with E-state index in [1.807, 2.05) is 0 Å². The van der Waals surface area contributed by atoms with Crippen LogP contribution in [0.5, 0.6) is 0 Å². The Morgan fingerprint density at radius 1 is 1.27 bits per heavy atom. The Kier molecular flexibility index (Phi) is 3.47. The van der Waals surface area contributed by atoms with E-state index in [-0.39, 0.29) is 0 Å². The monoisotopic (exact) mass is 208 g/mol. The van der Waals surface area contributed by atoms with Crippen molar-refractivity contribution in [3.63, 3.8) is 0 Å². The van der Waals surface area contributed by atoms with Crippen LogP contribution in [0.3, 0.4) is 0 Å². The molecule has 1 aliphatic heterocycles. The van der Waals surface area contributed by atoms with E-state index in [0.717, 1.165) is 12.6 Å². The molecular formula is C13H24N2. The van der Waals surface area contributed by atoms with Crippen molar-refractivity contribution in [2.24, 2.45) is 0 Å². The summed E-state index contributed by atoms with van der Waals surface area (Å²) in [4.78, 5) is 2.70. The number of hydrogen-bond donors (Lipinski definition) is 1. The normalized spacial score (nSPS) is 27.3. The standard InChI is InChI=1S/C13H24N2/c1-3-13(4-2)11-15(10-9-14-13)12-7-5-6-8-12/h5-6,12,14H,3-4,7-11H2,1-2H3. The Labute approximate surface area is 93.7 Å². The van der Waals surface area contributed by atoms with Crippen LogP contribution in [0, 0.1) is 0 Å². The van der Waals surface area contributed by atoms with E-state index in [2.05, 4.69) is 36.2 Å². The van der Waals surface area contributed by atoms with E-state index in [9.17, 15) is 0 Å². The first-order valence-electron chi connectivity index (χ1n) is 6.44. The van der Waals surface area contributed by atoms with Crippen molar-refractivity contribution in [1.82, 2.24) is 10.2 Å². The molecule has 1 aliphatic carbocycles. The van der Waals surface area contributed by atoms with Crippen LogP contribution in [0.25, 0.3) is 0 Å². The summed E-state index contributed by atoms with van der Waals surface area (Å²) in [5.41, 5.74) is 0.390. The lowest BCUT2D eigenvalue weighted by Gasteiger charge is -2.45. The molecule has 0 saturated carbocycles. The summed E-state index contributed by atoms with van der Waals surface area (Å²) in [6, 6.07) is 0.796. The third-order valence-electron chi connectivity index (χ3n) is 4.26. The molecule has 0 amide bonds. The molecule has 0 atom stereocenters. The molecule has 86 valence electrons. The zero-order valence-electron chi connectivity index (χ0n) is 10.1. The highest BCUT2D eigenvalue weighted by atomic mass is 15.2. The minimum Gasteiger partial charge on any atom is -0.309 e. The fourth-order valence-electron chi connectivity index (χ4n) is 2.92. The Hall–Kier alpha value is -0.340. The van der Waals surface area contributed by atoms with Crippen molar-refractivity contribution in [3.8, 4) is 0 Å². The smallest absolute Gasteiger partial charge is 0.0304 e. The van der Waals surface area contributed by atoms with Crippen LogP contribution < -0.4 is 5.32 Å². The fourth-order valence-corrected chi connectivity index (χ4v) is 2.92. The summed E-state index contributed by atoms with van der Waals surface area (Å²) in [7, 11) is 0. The molecule has 0 radical (unpaired) electrons. The first-order valence-corrected chi connectivity index (χ1v) is 6.44. The van der Waals surface area contributed by atoms with E-state index >= 15 is 0 Å². The molecule has 1 N–H and O–H groups in total. The quantitative estimate of drug-likeness (QED) is 0.715. The van der Waals surface area contributed by atoms with Crippen LogP contribution in [0.2, 0.25) is 0 Å². The molecular weight excluding hydrogens is 184 g/mol. The highest BCUT2D eigenvalue weighted by Crippen LogP contribution is 2.25. The summed E-state index contributed by atoms with van der Waals surface area (Å²) in [6.45, 7) is 8.26. The maximum absolute atomic E-state index is 3.72. The number of nitrogens with one attached hydrogen (secondary N) is 1. The summed E-state index contributed by atoms with van der Waals surface area (Å²) in [5.74, 6) is 0. The van der Waals surface area contributed by atoms with Gasteiger partial charge in [0.05, 0.1) is 0 Å². The summed E-state index contributed by atoms with van der Waals surface area (Å²) < 4.78 is 0. The third-order valence-corrected chi connectivity index (χ3v) is 4.26. The number of rotatable bonds is 3. The molecule has 0 unspecified atom stereocenters. The first kappa shape index (κ1) is 11.2. The van der Waals surface area contributed by atoms with Crippen LogP contribution in [0.4, 0.5) is 0 Å². The Bertz CT molecular complexity index is 223. The topological polar surface area (TPSA) is 15.3 Å². The molecule has 2 heteroatoms. The second-order valence-corrected chi connectivity index (χ2v) is 4.98. The molecule has 1 fully saturated rings. The number of piperazine rings is 1. The molecule has 15 heavy (non-hydrogen) atoms. The van der Waals surface area contributed by atoms with E-state index in [1.54, 1.807) is 0 Å². The predicted molar refractivity (Wildman–Crippen MR) is 65.1 cm³/mol. The van der Waals surface area contributed by atoms with E-state index in [1.165, 1.54) is 38.8 Å². The highest BCUT2D eigenvalue weighted by Gasteiger charge is 2.34. The van der Waals surface area contributed by atoms with Crippen molar-refractivity contribution in [3.05, 3.63) is 12.2 Å². The van der Waals surface area contributed by atoms with Crippen molar-refractivity contribution >= 4 is 0 Å². The van der Waals surface area contributed by atoms with Gasteiger partial charge in [-0.1, -0.05) is 26.0 Å². The van der Waals surface area contributed by atoms with Gasteiger partial charge in [-0.3, -0.25) is 4.90 Å². The molecule has 0 aromatic carbocycles. The van der Waals surface area contributed by atoms with Gasteiger partial charge in [-0.2, -0.15) is 0 Å². The first-order chi connectivity index (χ1) is 7.29. The maximum Gasteiger partial charge on any atom is 0.0304 e. The molecule has 2 nitrogen and oxygen atoms in total. The average molecular weight is 208 g/mol. The van der Waals surface area contributed by atoms with Crippen LogP contribution >= 0.6 is 0 Å². The SMILES string of the molecule is CCC1(CC)CN(C2CC=CC2)CCN1. The van der Waals surface area contributed by atoms with Gasteiger partial charge in [0.1, 0.15) is 0 Å². The van der Waals surface area contributed by atoms with E-state index in [0.29, 0.717) is 5.54 Å². The second-order valence-electron chi connectivity index (χ2n) is 4.98. The second kappa shape index (κ2) is 4.67. The Morgan fingerprint density at radius 3 is 2.53 bits per heavy atom. The van der Waals surface area contributed by atoms with Gasteiger partial charge in [-0.25, -0.2) is 0 Å². The molecule has 0 bridgehead atoms. The number of nitrogens with zero attached hydrogens (tertiary/aromatic N) is 1. The van der Waals surface area contributed by atoms with Gasteiger partial charge >= 0.3 is 0 Å². The molecule has 0 aromatic rings. The zero-order valence-corrected chi connectivity index (χ0v) is 10.1. The minimum absolute atomic E-state index is 0.390. The van der Waals surface area contributed by atoms with Crippen molar-refractivity contribution in [2.75, 3.05) is 19.6 Å². The molecule has 0 aromatic heterocycles. The molecule has 2 aliphatic rings. The van der Waals surface area contributed by atoms with Crippen molar-refractivity contribution < 1.29 is 0 Å².